The first-order chi connectivity index (χ1) is 8.29. The Balaban J connectivity index is 2.13. The van der Waals surface area contributed by atoms with E-state index in [1.165, 1.54) is 6.33 Å². The van der Waals surface area contributed by atoms with Gasteiger partial charge in [0.2, 0.25) is 0 Å². The van der Waals surface area contributed by atoms with Crippen LogP contribution in [0.5, 0.6) is 0 Å². The summed E-state index contributed by atoms with van der Waals surface area (Å²) in [5, 5.41) is 12.3. The second-order valence-electron chi connectivity index (χ2n) is 3.77. The van der Waals surface area contributed by atoms with Gasteiger partial charge in [0.1, 0.15) is 17.9 Å². The van der Waals surface area contributed by atoms with Crippen molar-refractivity contribution in [1.82, 2.24) is 9.97 Å². The van der Waals surface area contributed by atoms with Crippen LogP contribution in [-0.4, -0.2) is 21.7 Å². The van der Waals surface area contributed by atoms with Gasteiger partial charge in [0, 0.05) is 18.4 Å². The Bertz CT molecular complexity index is 457. The average molecular weight is 233 g/mol. The quantitative estimate of drug-likeness (QED) is 0.825. The van der Waals surface area contributed by atoms with Crippen LogP contribution < -0.4 is 5.32 Å². The summed E-state index contributed by atoms with van der Waals surface area (Å²) >= 11 is 0. The molecule has 2 N–H and O–H groups in total. The molecule has 0 saturated carbocycles. The van der Waals surface area contributed by atoms with Crippen molar-refractivity contribution in [2.24, 2.45) is 0 Å². The Kier molecular flexibility index (Phi) is 3.72. The van der Waals surface area contributed by atoms with Gasteiger partial charge in [-0.1, -0.05) is 0 Å². The van der Waals surface area contributed by atoms with Gasteiger partial charge >= 0.3 is 0 Å². The third kappa shape index (κ3) is 3.04. The molecule has 0 spiro atoms. The molecular weight excluding hydrogens is 218 g/mol. The van der Waals surface area contributed by atoms with Gasteiger partial charge in [0.05, 0.1) is 12.3 Å². The Morgan fingerprint density at radius 2 is 2.35 bits per heavy atom. The molecule has 0 fully saturated rings. The van der Waals surface area contributed by atoms with Crippen LogP contribution in [0, 0.1) is 6.92 Å². The molecule has 0 aliphatic heterocycles. The lowest BCUT2D eigenvalue weighted by molar-refractivity contribution is 0.273. The number of aliphatic hydroxyl groups is 1. The van der Waals surface area contributed by atoms with E-state index >= 15 is 0 Å². The molecule has 5 heteroatoms. The van der Waals surface area contributed by atoms with Crippen molar-refractivity contribution in [2.75, 3.05) is 11.9 Å². The highest BCUT2D eigenvalue weighted by Gasteiger charge is 2.14. The van der Waals surface area contributed by atoms with Gasteiger partial charge in [-0.2, -0.15) is 0 Å². The van der Waals surface area contributed by atoms with Crippen molar-refractivity contribution < 1.29 is 9.52 Å². The van der Waals surface area contributed by atoms with Crippen LogP contribution in [0.2, 0.25) is 0 Å². The lowest BCUT2D eigenvalue weighted by atomic mass is 10.1. The maximum absolute atomic E-state index is 9.05. The number of furan rings is 1. The maximum Gasteiger partial charge on any atom is 0.130 e. The third-order valence-electron chi connectivity index (χ3n) is 2.43. The largest absolute Gasteiger partial charge is 0.467 e. The van der Waals surface area contributed by atoms with E-state index in [1.807, 2.05) is 25.1 Å². The zero-order valence-electron chi connectivity index (χ0n) is 9.63. The van der Waals surface area contributed by atoms with Crippen LogP contribution in [-0.2, 0) is 0 Å². The zero-order valence-corrected chi connectivity index (χ0v) is 9.63. The summed E-state index contributed by atoms with van der Waals surface area (Å²) in [6, 6.07) is 5.48. The van der Waals surface area contributed by atoms with Gasteiger partial charge in [-0.05, 0) is 25.5 Å². The predicted octanol–water partition coefficient (Wildman–Crippen LogP) is 1.91. The Morgan fingerprint density at radius 3 is 3.00 bits per heavy atom. The summed E-state index contributed by atoms with van der Waals surface area (Å²) < 4.78 is 5.33. The van der Waals surface area contributed by atoms with Crippen LogP contribution in [0.3, 0.4) is 0 Å². The SMILES string of the molecule is Cc1cc(NC(CCO)c2ccco2)ncn1. The molecule has 5 nitrogen and oxygen atoms in total. The molecule has 2 heterocycles. The monoisotopic (exact) mass is 233 g/mol. The van der Waals surface area contributed by atoms with Crippen LogP contribution in [0.4, 0.5) is 5.82 Å². The molecule has 0 aliphatic rings. The fraction of sp³-hybridized carbons (Fsp3) is 0.333. The number of anilines is 1. The van der Waals surface area contributed by atoms with Gasteiger partial charge in [0.15, 0.2) is 0 Å². The first-order valence-corrected chi connectivity index (χ1v) is 5.49. The Hall–Kier alpha value is -1.88. The molecule has 0 aliphatic carbocycles. The highest BCUT2D eigenvalue weighted by molar-refractivity contribution is 5.37. The fourth-order valence-corrected chi connectivity index (χ4v) is 1.62. The van der Waals surface area contributed by atoms with E-state index in [4.69, 9.17) is 9.52 Å². The van der Waals surface area contributed by atoms with Crippen molar-refractivity contribution in [1.29, 1.82) is 0 Å². The number of hydrogen-bond donors (Lipinski definition) is 2. The number of hydrogen-bond acceptors (Lipinski definition) is 5. The second kappa shape index (κ2) is 5.45. The van der Waals surface area contributed by atoms with Gasteiger partial charge in [0.25, 0.3) is 0 Å². The van der Waals surface area contributed by atoms with Gasteiger partial charge in [-0.3, -0.25) is 0 Å². The molecule has 0 bridgehead atoms. The molecule has 1 unspecified atom stereocenters. The second-order valence-corrected chi connectivity index (χ2v) is 3.77. The lowest BCUT2D eigenvalue weighted by Gasteiger charge is -2.16. The summed E-state index contributed by atoms with van der Waals surface area (Å²) in [6.07, 6.45) is 3.69. The van der Waals surface area contributed by atoms with Crippen LogP contribution >= 0.6 is 0 Å². The number of nitrogens with zero attached hydrogens (tertiary/aromatic N) is 2. The zero-order chi connectivity index (χ0) is 12.1. The summed E-state index contributed by atoms with van der Waals surface area (Å²) in [4.78, 5) is 8.16. The number of aryl methyl sites for hydroxylation is 1. The smallest absolute Gasteiger partial charge is 0.130 e. The van der Waals surface area contributed by atoms with Crippen LogP contribution in [0.1, 0.15) is 23.9 Å². The molecule has 2 aromatic heterocycles. The minimum atomic E-state index is -0.0794. The van der Waals surface area contributed by atoms with Crippen molar-refractivity contribution >= 4 is 5.82 Å². The van der Waals surface area contributed by atoms with Crippen molar-refractivity contribution in [3.63, 3.8) is 0 Å². The highest BCUT2D eigenvalue weighted by atomic mass is 16.3. The molecule has 2 rings (SSSR count). The molecule has 1 atom stereocenters. The van der Waals surface area contributed by atoms with Crippen LogP contribution in [0.15, 0.2) is 35.2 Å². The predicted molar refractivity (Wildman–Crippen MR) is 63.5 cm³/mol. The molecule has 0 saturated heterocycles. The molecule has 2 aromatic rings. The van der Waals surface area contributed by atoms with E-state index in [2.05, 4.69) is 15.3 Å². The Morgan fingerprint density at radius 1 is 1.47 bits per heavy atom. The van der Waals surface area contributed by atoms with Gasteiger partial charge < -0.3 is 14.8 Å². The van der Waals surface area contributed by atoms with Crippen molar-refractivity contribution in [3.05, 3.63) is 42.2 Å². The number of nitrogens with one attached hydrogen (secondary N) is 1. The first kappa shape index (κ1) is 11.6. The van der Waals surface area contributed by atoms with E-state index < -0.39 is 0 Å². The molecule has 0 amide bonds. The topological polar surface area (TPSA) is 71.2 Å². The lowest BCUT2D eigenvalue weighted by Crippen LogP contribution is -2.13. The average Bonchev–Trinajstić information content (AvgIpc) is 2.82. The van der Waals surface area contributed by atoms with Crippen molar-refractivity contribution in [2.45, 2.75) is 19.4 Å². The minimum absolute atomic E-state index is 0.0794. The van der Waals surface area contributed by atoms with E-state index in [-0.39, 0.29) is 12.6 Å². The normalized spacial score (nSPS) is 12.4. The summed E-state index contributed by atoms with van der Waals surface area (Å²) in [6.45, 7) is 1.99. The molecule has 90 valence electrons. The third-order valence-corrected chi connectivity index (χ3v) is 2.43. The highest BCUT2D eigenvalue weighted by Crippen LogP contribution is 2.21. The Labute approximate surface area is 99.5 Å². The van der Waals surface area contributed by atoms with Gasteiger partial charge in [-0.25, -0.2) is 9.97 Å². The van der Waals surface area contributed by atoms with E-state index in [0.29, 0.717) is 6.42 Å². The standard InChI is InChI=1S/C12H15N3O2/c1-9-7-12(14-8-13-9)15-10(4-5-16)11-3-2-6-17-11/h2-3,6-8,10,16H,4-5H2,1H3,(H,13,14,15). The number of aliphatic hydroxyl groups excluding tert-OH is 1. The first-order valence-electron chi connectivity index (χ1n) is 5.49. The van der Waals surface area contributed by atoms with Crippen molar-refractivity contribution in [3.8, 4) is 0 Å². The van der Waals surface area contributed by atoms with Crippen LogP contribution in [0.25, 0.3) is 0 Å². The molecule has 17 heavy (non-hydrogen) atoms. The molecule has 0 radical (unpaired) electrons. The maximum atomic E-state index is 9.05. The number of rotatable bonds is 5. The van der Waals surface area contributed by atoms with E-state index in [1.54, 1.807) is 6.26 Å². The number of aromatic nitrogens is 2. The summed E-state index contributed by atoms with van der Waals surface area (Å²) in [5.41, 5.74) is 0.893. The molecule has 0 aromatic carbocycles. The molecular formula is C12H15N3O2. The summed E-state index contributed by atoms with van der Waals surface area (Å²) in [7, 11) is 0. The van der Waals surface area contributed by atoms with E-state index in [9.17, 15) is 0 Å². The summed E-state index contributed by atoms with van der Waals surface area (Å²) in [5.74, 6) is 1.52. The van der Waals surface area contributed by atoms with E-state index in [0.717, 1.165) is 17.3 Å². The van der Waals surface area contributed by atoms with Gasteiger partial charge in [-0.15, -0.1) is 0 Å². The minimum Gasteiger partial charge on any atom is -0.467 e. The fourth-order valence-electron chi connectivity index (χ4n) is 1.62.